The molecule has 6 aliphatic rings. The molecule has 2 saturated heterocycles. The molecule has 5 heteroatoms. The number of carbonyl (C=O) groups is 2. The van der Waals surface area contributed by atoms with Gasteiger partial charge in [0, 0.05) is 11.8 Å². The summed E-state index contributed by atoms with van der Waals surface area (Å²) in [6.07, 6.45) is 0.992. The fourth-order valence-corrected chi connectivity index (χ4v) is 6.96. The van der Waals surface area contributed by atoms with Gasteiger partial charge >= 0.3 is 0 Å². The molecule has 2 aliphatic heterocycles. The molecule has 0 aromatic rings. The van der Waals surface area contributed by atoms with Gasteiger partial charge in [0.05, 0.1) is 29.6 Å². The number of hydrogen-bond acceptors (Lipinski definition) is 5. The van der Waals surface area contributed by atoms with Gasteiger partial charge in [0.25, 0.3) is 0 Å². The SMILES string of the molecule is C=C1C2CCC3C45COC(CC4=O)C(C)(C)C5=C(O)C(=O)C3(C2)C1O. The second-order valence-corrected chi connectivity index (χ2v) is 9.22. The van der Waals surface area contributed by atoms with Gasteiger partial charge in [-0.3, -0.25) is 9.59 Å². The van der Waals surface area contributed by atoms with Crippen LogP contribution < -0.4 is 0 Å². The fourth-order valence-electron chi connectivity index (χ4n) is 6.96. The fraction of sp³-hybridized carbons (Fsp3) is 0.700. The van der Waals surface area contributed by atoms with E-state index in [1.165, 1.54) is 0 Å². The van der Waals surface area contributed by atoms with Crippen LogP contribution in [0.25, 0.3) is 0 Å². The van der Waals surface area contributed by atoms with Crippen LogP contribution in [0.15, 0.2) is 23.5 Å². The van der Waals surface area contributed by atoms with E-state index in [-0.39, 0.29) is 41.9 Å². The van der Waals surface area contributed by atoms with Gasteiger partial charge in [-0.1, -0.05) is 20.4 Å². The standard InChI is InChI=1S/C20H24O5/c1-9-10-4-5-11-19(7-10,16(9)23)17(24)14(22)15-18(2,3)13-6-12(21)20(11,15)8-25-13/h10-11,13,16,22-23H,1,4-8H2,2-3H3. The molecular weight excluding hydrogens is 320 g/mol. The first-order valence-electron chi connectivity index (χ1n) is 9.19. The van der Waals surface area contributed by atoms with Crippen LogP contribution in [0.1, 0.15) is 39.5 Å². The average molecular weight is 344 g/mol. The molecule has 25 heavy (non-hydrogen) atoms. The Morgan fingerprint density at radius 2 is 1.96 bits per heavy atom. The molecule has 0 aromatic heterocycles. The molecule has 4 bridgehead atoms. The molecule has 4 aliphatic carbocycles. The Hall–Kier alpha value is -1.46. The van der Waals surface area contributed by atoms with Gasteiger partial charge in [-0.15, -0.1) is 0 Å². The van der Waals surface area contributed by atoms with Crippen LogP contribution in [-0.4, -0.2) is 40.6 Å². The topological polar surface area (TPSA) is 83.8 Å². The smallest absolute Gasteiger partial charge is 0.206 e. The molecule has 3 saturated carbocycles. The van der Waals surface area contributed by atoms with Crippen molar-refractivity contribution in [3.8, 4) is 0 Å². The van der Waals surface area contributed by atoms with Gasteiger partial charge in [-0.2, -0.15) is 0 Å². The van der Waals surface area contributed by atoms with Crippen molar-refractivity contribution in [1.82, 2.24) is 0 Å². The van der Waals surface area contributed by atoms with Crippen molar-refractivity contribution in [1.29, 1.82) is 0 Å². The van der Waals surface area contributed by atoms with Crippen LogP contribution in [-0.2, 0) is 14.3 Å². The van der Waals surface area contributed by atoms with Crippen LogP contribution in [0.4, 0.5) is 0 Å². The molecule has 134 valence electrons. The molecule has 6 atom stereocenters. The van der Waals surface area contributed by atoms with E-state index in [1.54, 1.807) is 0 Å². The largest absolute Gasteiger partial charge is 0.504 e. The maximum absolute atomic E-state index is 13.4. The number of ketones is 2. The van der Waals surface area contributed by atoms with Gasteiger partial charge in [0.1, 0.15) is 5.78 Å². The Morgan fingerprint density at radius 3 is 2.64 bits per heavy atom. The molecule has 6 rings (SSSR count). The third kappa shape index (κ3) is 1.40. The lowest BCUT2D eigenvalue weighted by Gasteiger charge is -2.63. The highest BCUT2D eigenvalue weighted by atomic mass is 16.5. The molecule has 2 spiro atoms. The molecule has 0 radical (unpaired) electrons. The Balaban J connectivity index is 1.84. The zero-order valence-corrected chi connectivity index (χ0v) is 14.7. The summed E-state index contributed by atoms with van der Waals surface area (Å²) in [5.74, 6) is -0.856. The maximum atomic E-state index is 13.4. The number of hydrogen-bond donors (Lipinski definition) is 2. The predicted molar refractivity (Wildman–Crippen MR) is 88.7 cm³/mol. The molecule has 5 nitrogen and oxygen atoms in total. The quantitative estimate of drug-likeness (QED) is 0.658. The van der Waals surface area contributed by atoms with Crippen molar-refractivity contribution in [2.24, 2.45) is 28.1 Å². The number of Topliss-reactive ketones (excluding diaryl/α,β-unsaturated/α-hetero) is 2. The lowest BCUT2D eigenvalue weighted by molar-refractivity contribution is -0.199. The first-order valence-corrected chi connectivity index (χ1v) is 9.19. The van der Waals surface area contributed by atoms with Crippen molar-refractivity contribution in [2.45, 2.75) is 51.7 Å². The summed E-state index contributed by atoms with van der Waals surface area (Å²) in [5, 5.41) is 21.9. The summed E-state index contributed by atoms with van der Waals surface area (Å²) in [4.78, 5) is 26.6. The van der Waals surface area contributed by atoms with E-state index in [4.69, 9.17) is 4.74 Å². The minimum absolute atomic E-state index is 0.0599. The highest BCUT2D eigenvalue weighted by Gasteiger charge is 2.75. The summed E-state index contributed by atoms with van der Waals surface area (Å²) in [6, 6.07) is 0. The second kappa shape index (κ2) is 4.26. The summed E-state index contributed by atoms with van der Waals surface area (Å²) in [5.41, 5.74) is -1.41. The van der Waals surface area contributed by atoms with Crippen molar-refractivity contribution in [3.63, 3.8) is 0 Å². The molecule has 0 aromatic carbocycles. The molecule has 2 N–H and O–H groups in total. The minimum Gasteiger partial charge on any atom is -0.504 e. The van der Waals surface area contributed by atoms with Crippen LogP contribution in [0.5, 0.6) is 0 Å². The lowest BCUT2D eigenvalue weighted by atomic mass is 9.41. The Morgan fingerprint density at radius 1 is 1.24 bits per heavy atom. The number of allylic oxidation sites excluding steroid dienone is 1. The van der Waals surface area contributed by atoms with Crippen LogP contribution in [0, 0.1) is 28.1 Å². The van der Waals surface area contributed by atoms with Crippen molar-refractivity contribution in [2.75, 3.05) is 6.61 Å². The lowest BCUT2D eigenvalue weighted by Crippen LogP contribution is -2.69. The number of carbonyl (C=O) groups excluding carboxylic acids is 2. The monoisotopic (exact) mass is 344 g/mol. The number of aliphatic hydroxyl groups excluding tert-OH is 2. The van der Waals surface area contributed by atoms with Gasteiger partial charge < -0.3 is 14.9 Å². The van der Waals surface area contributed by atoms with E-state index in [0.717, 1.165) is 6.42 Å². The van der Waals surface area contributed by atoms with Crippen molar-refractivity contribution in [3.05, 3.63) is 23.5 Å². The van der Waals surface area contributed by atoms with E-state index in [2.05, 4.69) is 6.58 Å². The number of aliphatic hydroxyl groups is 2. The van der Waals surface area contributed by atoms with E-state index in [0.29, 0.717) is 30.4 Å². The third-order valence-electron chi connectivity index (χ3n) is 8.12. The summed E-state index contributed by atoms with van der Waals surface area (Å²) >= 11 is 0. The number of fused-ring (bicyclic) bond motifs is 3. The van der Waals surface area contributed by atoms with Crippen LogP contribution in [0.2, 0.25) is 0 Å². The van der Waals surface area contributed by atoms with Gasteiger partial charge in [-0.05, 0) is 42.2 Å². The molecule has 5 fully saturated rings. The Bertz CT molecular complexity index is 777. The molecule has 6 unspecified atom stereocenters. The summed E-state index contributed by atoms with van der Waals surface area (Å²) in [6.45, 7) is 8.13. The highest BCUT2D eigenvalue weighted by molar-refractivity contribution is 6.06. The van der Waals surface area contributed by atoms with Crippen LogP contribution >= 0.6 is 0 Å². The van der Waals surface area contributed by atoms with E-state index in [1.807, 2.05) is 13.8 Å². The number of rotatable bonds is 0. The first kappa shape index (κ1) is 15.8. The van der Waals surface area contributed by atoms with Gasteiger partial charge in [0.15, 0.2) is 5.76 Å². The number of ether oxygens (including phenoxy) is 1. The average Bonchev–Trinajstić information content (AvgIpc) is 2.76. The van der Waals surface area contributed by atoms with Crippen molar-refractivity contribution >= 4 is 11.6 Å². The van der Waals surface area contributed by atoms with E-state index >= 15 is 0 Å². The first-order chi connectivity index (χ1) is 11.7. The minimum atomic E-state index is -1.12. The van der Waals surface area contributed by atoms with Gasteiger partial charge in [-0.25, -0.2) is 0 Å². The predicted octanol–water partition coefficient (Wildman–Crippen LogP) is 2.10. The molecule has 2 heterocycles. The van der Waals surface area contributed by atoms with Crippen LogP contribution in [0.3, 0.4) is 0 Å². The highest BCUT2D eigenvalue weighted by Crippen LogP contribution is 2.71. The zero-order chi connectivity index (χ0) is 17.9. The Labute approximate surface area is 146 Å². The van der Waals surface area contributed by atoms with Gasteiger partial charge in [0.2, 0.25) is 5.78 Å². The zero-order valence-electron chi connectivity index (χ0n) is 14.7. The van der Waals surface area contributed by atoms with E-state index in [9.17, 15) is 19.8 Å². The normalized spacial score (nSPS) is 50.1. The second-order valence-electron chi connectivity index (χ2n) is 9.22. The maximum Gasteiger partial charge on any atom is 0.206 e. The summed E-state index contributed by atoms with van der Waals surface area (Å²) < 4.78 is 6.04. The summed E-state index contributed by atoms with van der Waals surface area (Å²) in [7, 11) is 0. The van der Waals surface area contributed by atoms with E-state index < -0.39 is 22.3 Å². The van der Waals surface area contributed by atoms with Crippen molar-refractivity contribution < 1.29 is 24.5 Å². The third-order valence-corrected chi connectivity index (χ3v) is 8.12. The molecule has 0 amide bonds. The molecular formula is C20H24O5. The Kier molecular flexibility index (Phi) is 2.69.